The van der Waals surface area contributed by atoms with Gasteiger partial charge in [-0.15, -0.1) is 0 Å². The summed E-state index contributed by atoms with van der Waals surface area (Å²) in [4.78, 5) is 0. The molecule has 2 nitrogen and oxygen atoms in total. The third-order valence-corrected chi connectivity index (χ3v) is 4.15. The van der Waals surface area contributed by atoms with Crippen LogP contribution in [0, 0.1) is 5.92 Å². The molecule has 1 aromatic rings. The summed E-state index contributed by atoms with van der Waals surface area (Å²) in [5.74, 6) is 1.75. The van der Waals surface area contributed by atoms with E-state index in [1.807, 2.05) is 0 Å². The lowest BCUT2D eigenvalue weighted by Crippen LogP contribution is -2.25. The topological polar surface area (TPSA) is 21.3 Å². The zero-order valence-electron chi connectivity index (χ0n) is 13.2. The summed E-state index contributed by atoms with van der Waals surface area (Å²) >= 11 is 0. The van der Waals surface area contributed by atoms with Gasteiger partial charge in [0.15, 0.2) is 0 Å². The van der Waals surface area contributed by atoms with E-state index in [-0.39, 0.29) is 0 Å². The Morgan fingerprint density at radius 2 is 1.90 bits per heavy atom. The van der Waals surface area contributed by atoms with Crippen molar-refractivity contribution in [2.45, 2.75) is 64.5 Å². The van der Waals surface area contributed by atoms with E-state index in [1.165, 1.54) is 44.1 Å². The van der Waals surface area contributed by atoms with Crippen LogP contribution in [0.5, 0.6) is 5.75 Å². The standard InChI is InChI=1S/C18H29NO/c1-4-7-14(8-5-2)18(19-3)15-9-6-10-17(13-15)20-16-11-12-16/h6,9-10,13-14,16,18-19H,4-5,7-8,11-12H2,1-3H3. The van der Waals surface area contributed by atoms with E-state index in [1.54, 1.807) is 0 Å². The molecule has 0 saturated heterocycles. The van der Waals surface area contributed by atoms with Crippen LogP contribution in [-0.2, 0) is 0 Å². The van der Waals surface area contributed by atoms with Crippen molar-refractivity contribution in [3.8, 4) is 5.75 Å². The number of nitrogens with one attached hydrogen (secondary N) is 1. The van der Waals surface area contributed by atoms with Crippen LogP contribution >= 0.6 is 0 Å². The first kappa shape index (κ1) is 15.4. The van der Waals surface area contributed by atoms with Crippen molar-refractivity contribution >= 4 is 0 Å². The lowest BCUT2D eigenvalue weighted by molar-refractivity contribution is 0.299. The smallest absolute Gasteiger partial charge is 0.120 e. The Balaban J connectivity index is 2.11. The van der Waals surface area contributed by atoms with Crippen LogP contribution in [0.4, 0.5) is 0 Å². The largest absolute Gasteiger partial charge is 0.490 e. The van der Waals surface area contributed by atoms with Crippen LogP contribution < -0.4 is 10.1 Å². The number of benzene rings is 1. The Kier molecular flexibility index (Phi) is 5.90. The Morgan fingerprint density at radius 1 is 1.20 bits per heavy atom. The first-order valence-electron chi connectivity index (χ1n) is 8.22. The van der Waals surface area contributed by atoms with Gasteiger partial charge >= 0.3 is 0 Å². The van der Waals surface area contributed by atoms with Gasteiger partial charge in [0.2, 0.25) is 0 Å². The number of ether oxygens (including phenoxy) is 1. The Labute approximate surface area is 123 Å². The molecular formula is C18H29NO. The van der Waals surface area contributed by atoms with Crippen LogP contribution in [0.2, 0.25) is 0 Å². The van der Waals surface area contributed by atoms with Crippen molar-refractivity contribution in [3.63, 3.8) is 0 Å². The number of hydrogen-bond acceptors (Lipinski definition) is 2. The van der Waals surface area contributed by atoms with E-state index in [2.05, 4.69) is 50.5 Å². The lowest BCUT2D eigenvalue weighted by Gasteiger charge is -2.27. The van der Waals surface area contributed by atoms with Crippen LogP contribution in [0.15, 0.2) is 24.3 Å². The Bertz CT molecular complexity index is 394. The van der Waals surface area contributed by atoms with Gasteiger partial charge < -0.3 is 10.1 Å². The fourth-order valence-corrected chi connectivity index (χ4v) is 3.05. The fraction of sp³-hybridized carbons (Fsp3) is 0.667. The summed E-state index contributed by atoms with van der Waals surface area (Å²) < 4.78 is 5.93. The molecule has 20 heavy (non-hydrogen) atoms. The maximum atomic E-state index is 5.93. The molecule has 1 aliphatic rings. The van der Waals surface area contributed by atoms with E-state index in [4.69, 9.17) is 4.74 Å². The van der Waals surface area contributed by atoms with Gasteiger partial charge in [0, 0.05) is 6.04 Å². The second kappa shape index (κ2) is 7.68. The molecular weight excluding hydrogens is 246 g/mol. The zero-order chi connectivity index (χ0) is 14.4. The fourth-order valence-electron chi connectivity index (χ4n) is 3.05. The van der Waals surface area contributed by atoms with Gasteiger partial charge in [-0.2, -0.15) is 0 Å². The molecule has 1 aliphatic carbocycles. The van der Waals surface area contributed by atoms with Gasteiger partial charge in [-0.1, -0.05) is 38.8 Å². The van der Waals surface area contributed by atoms with E-state index < -0.39 is 0 Å². The monoisotopic (exact) mass is 275 g/mol. The highest BCUT2D eigenvalue weighted by atomic mass is 16.5. The second-order valence-corrected chi connectivity index (χ2v) is 5.99. The third-order valence-electron chi connectivity index (χ3n) is 4.15. The molecule has 0 spiro atoms. The lowest BCUT2D eigenvalue weighted by atomic mass is 9.86. The highest BCUT2D eigenvalue weighted by Crippen LogP contribution is 2.33. The van der Waals surface area contributed by atoms with Gasteiger partial charge in [-0.05, 0) is 56.3 Å². The molecule has 0 aliphatic heterocycles. The van der Waals surface area contributed by atoms with Crippen LogP contribution in [-0.4, -0.2) is 13.2 Å². The van der Waals surface area contributed by atoms with Crippen molar-refractivity contribution in [1.82, 2.24) is 5.32 Å². The quantitative estimate of drug-likeness (QED) is 0.705. The zero-order valence-corrected chi connectivity index (χ0v) is 13.2. The molecule has 112 valence electrons. The molecule has 2 heteroatoms. The van der Waals surface area contributed by atoms with Gasteiger partial charge in [0.1, 0.15) is 5.75 Å². The van der Waals surface area contributed by atoms with Crippen molar-refractivity contribution < 1.29 is 4.74 Å². The second-order valence-electron chi connectivity index (χ2n) is 5.99. The van der Waals surface area contributed by atoms with E-state index in [0.29, 0.717) is 18.1 Å². The molecule has 2 rings (SSSR count). The summed E-state index contributed by atoms with van der Waals surface area (Å²) in [6.07, 6.45) is 7.98. The van der Waals surface area contributed by atoms with Crippen molar-refractivity contribution in [3.05, 3.63) is 29.8 Å². The van der Waals surface area contributed by atoms with Gasteiger partial charge in [0.25, 0.3) is 0 Å². The maximum absolute atomic E-state index is 5.93. The van der Waals surface area contributed by atoms with E-state index in [9.17, 15) is 0 Å². The molecule has 0 heterocycles. The number of hydrogen-bond donors (Lipinski definition) is 1. The first-order chi connectivity index (χ1) is 9.78. The normalized spacial score (nSPS) is 16.4. The summed E-state index contributed by atoms with van der Waals surface area (Å²) in [6.45, 7) is 4.56. The molecule has 1 fully saturated rings. The SMILES string of the molecule is CCCC(CCC)C(NC)c1cccc(OC2CC2)c1. The van der Waals surface area contributed by atoms with Crippen molar-refractivity contribution in [1.29, 1.82) is 0 Å². The minimum atomic E-state index is 0.442. The minimum absolute atomic E-state index is 0.442. The maximum Gasteiger partial charge on any atom is 0.120 e. The van der Waals surface area contributed by atoms with Gasteiger partial charge in [-0.3, -0.25) is 0 Å². The van der Waals surface area contributed by atoms with Gasteiger partial charge in [0.05, 0.1) is 6.10 Å². The predicted octanol–water partition coefficient (Wildman–Crippen LogP) is 4.70. The summed E-state index contributed by atoms with van der Waals surface area (Å²) in [5.41, 5.74) is 1.37. The third kappa shape index (κ3) is 4.24. The van der Waals surface area contributed by atoms with Gasteiger partial charge in [-0.25, -0.2) is 0 Å². The molecule has 1 aromatic carbocycles. The Morgan fingerprint density at radius 3 is 2.45 bits per heavy atom. The molecule has 1 saturated carbocycles. The average Bonchev–Trinajstić information content (AvgIpc) is 3.24. The molecule has 1 atom stereocenters. The molecule has 0 bridgehead atoms. The molecule has 0 radical (unpaired) electrons. The van der Waals surface area contributed by atoms with Crippen molar-refractivity contribution in [2.24, 2.45) is 5.92 Å². The van der Waals surface area contributed by atoms with E-state index in [0.717, 1.165) is 5.75 Å². The Hall–Kier alpha value is -1.02. The first-order valence-corrected chi connectivity index (χ1v) is 8.22. The molecule has 1 unspecified atom stereocenters. The highest BCUT2D eigenvalue weighted by Gasteiger charge is 2.24. The van der Waals surface area contributed by atoms with Crippen molar-refractivity contribution in [2.75, 3.05) is 7.05 Å². The summed E-state index contributed by atoms with van der Waals surface area (Å²) in [7, 11) is 2.08. The molecule has 0 aromatic heterocycles. The molecule has 0 amide bonds. The van der Waals surface area contributed by atoms with Crippen LogP contribution in [0.3, 0.4) is 0 Å². The number of rotatable bonds is 9. The summed E-state index contributed by atoms with van der Waals surface area (Å²) in [5, 5.41) is 3.53. The predicted molar refractivity (Wildman–Crippen MR) is 85.2 cm³/mol. The summed E-state index contributed by atoms with van der Waals surface area (Å²) in [6, 6.07) is 9.13. The molecule has 1 N–H and O–H groups in total. The average molecular weight is 275 g/mol. The van der Waals surface area contributed by atoms with Crippen LogP contribution in [0.25, 0.3) is 0 Å². The van der Waals surface area contributed by atoms with Crippen LogP contribution in [0.1, 0.15) is 64.0 Å². The van der Waals surface area contributed by atoms with E-state index >= 15 is 0 Å². The minimum Gasteiger partial charge on any atom is -0.490 e. The highest BCUT2D eigenvalue weighted by molar-refractivity contribution is 5.31.